The minimum absolute atomic E-state index is 0.0596. The molecule has 1 fully saturated rings. The van der Waals surface area contributed by atoms with Crippen molar-refractivity contribution in [1.82, 2.24) is 4.90 Å². The largest absolute Gasteiger partial charge is 0.334 e. The number of nitrogens with zero attached hydrogens (tertiary/aromatic N) is 1. The van der Waals surface area contributed by atoms with Crippen molar-refractivity contribution in [1.29, 1.82) is 0 Å². The highest BCUT2D eigenvalue weighted by Crippen LogP contribution is 2.21. The lowest BCUT2D eigenvalue weighted by Crippen LogP contribution is -2.42. The Labute approximate surface area is 156 Å². The normalized spacial score (nSPS) is 18.8. The van der Waals surface area contributed by atoms with E-state index >= 15 is 0 Å². The molecule has 1 aliphatic rings. The van der Waals surface area contributed by atoms with Crippen LogP contribution in [0.25, 0.3) is 0 Å². The van der Waals surface area contributed by atoms with Crippen molar-refractivity contribution in [3.05, 3.63) is 70.2 Å². The molecule has 0 bridgehead atoms. The molecule has 1 amide bonds. The number of halogens is 1. The topological polar surface area (TPSA) is 54.5 Å². The Morgan fingerprint density at radius 1 is 1.08 bits per heavy atom. The van der Waals surface area contributed by atoms with E-state index in [9.17, 15) is 13.2 Å². The van der Waals surface area contributed by atoms with E-state index in [-0.39, 0.29) is 23.5 Å². The Morgan fingerprint density at radius 2 is 1.76 bits per heavy atom. The van der Waals surface area contributed by atoms with Crippen LogP contribution >= 0.6 is 15.9 Å². The summed E-state index contributed by atoms with van der Waals surface area (Å²) < 4.78 is 24.7. The highest BCUT2D eigenvalue weighted by Gasteiger charge is 2.34. The lowest BCUT2D eigenvalue weighted by atomic mass is 10.1. The Morgan fingerprint density at radius 3 is 2.36 bits per heavy atom. The van der Waals surface area contributed by atoms with Crippen molar-refractivity contribution in [2.24, 2.45) is 0 Å². The lowest BCUT2D eigenvalue weighted by Gasteiger charge is -2.28. The predicted octanol–water partition coefficient (Wildman–Crippen LogP) is 3.32. The molecular weight excluding hydrogens is 402 g/mol. The summed E-state index contributed by atoms with van der Waals surface area (Å²) in [4.78, 5) is 14.7. The molecule has 0 radical (unpaired) electrons. The molecule has 3 rings (SSSR count). The van der Waals surface area contributed by atoms with Crippen LogP contribution in [0, 0.1) is 0 Å². The van der Waals surface area contributed by atoms with Crippen LogP contribution in [-0.2, 0) is 16.3 Å². The summed E-state index contributed by atoms with van der Waals surface area (Å²) in [5.41, 5.74) is 1.72. The van der Waals surface area contributed by atoms with E-state index in [0.717, 1.165) is 10.0 Å². The van der Waals surface area contributed by atoms with Gasteiger partial charge < -0.3 is 4.90 Å². The van der Waals surface area contributed by atoms with Gasteiger partial charge in [0.05, 0.1) is 11.5 Å². The van der Waals surface area contributed by atoms with E-state index in [1.54, 1.807) is 17.0 Å². The molecule has 2 aromatic carbocycles. The van der Waals surface area contributed by atoms with Crippen molar-refractivity contribution >= 4 is 31.7 Å². The van der Waals surface area contributed by atoms with Gasteiger partial charge in [0.1, 0.15) is 0 Å². The molecule has 0 N–H and O–H groups in total. The predicted molar refractivity (Wildman–Crippen MR) is 102 cm³/mol. The van der Waals surface area contributed by atoms with E-state index < -0.39 is 9.84 Å². The van der Waals surface area contributed by atoms with Gasteiger partial charge in [0.15, 0.2) is 9.84 Å². The molecule has 0 spiro atoms. The third-order valence-electron chi connectivity index (χ3n) is 4.49. The van der Waals surface area contributed by atoms with Gasteiger partial charge in [0.2, 0.25) is 0 Å². The Hall–Kier alpha value is -1.66. The van der Waals surface area contributed by atoms with Crippen molar-refractivity contribution in [2.45, 2.75) is 18.9 Å². The smallest absolute Gasteiger partial charge is 0.254 e. The molecule has 1 saturated heterocycles. The SMILES string of the molecule is O=C(c1ccc(Br)cc1)N(CCc1ccccc1)[C@H]1CCS(=O)(=O)C1. The average molecular weight is 422 g/mol. The van der Waals surface area contributed by atoms with E-state index in [2.05, 4.69) is 15.9 Å². The Bertz CT molecular complexity index is 835. The zero-order valence-corrected chi connectivity index (χ0v) is 16.2. The maximum absolute atomic E-state index is 13.0. The Balaban J connectivity index is 1.80. The fourth-order valence-corrected chi connectivity index (χ4v) is 5.12. The van der Waals surface area contributed by atoms with E-state index in [1.807, 2.05) is 42.5 Å². The summed E-state index contributed by atoms with van der Waals surface area (Å²) >= 11 is 3.37. The minimum Gasteiger partial charge on any atom is -0.334 e. The molecular formula is C19H20BrNO3S. The maximum atomic E-state index is 13.0. The van der Waals surface area contributed by atoms with Gasteiger partial charge in [-0.15, -0.1) is 0 Å². The first kappa shape index (κ1) is 18.1. The van der Waals surface area contributed by atoms with Crippen molar-refractivity contribution in [2.75, 3.05) is 18.1 Å². The van der Waals surface area contributed by atoms with E-state index in [1.165, 1.54) is 0 Å². The Kier molecular flexibility index (Phi) is 5.59. The first-order valence-electron chi connectivity index (χ1n) is 8.25. The fourth-order valence-electron chi connectivity index (χ4n) is 3.12. The summed E-state index contributed by atoms with van der Waals surface area (Å²) in [6, 6.07) is 16.9. The molecule has 132 valence electrons. The zero-order valence-electron chi connectivity index (χ0n) is 13.8. The molecule has 1 heterocycles. The number of carbonyl (C=O) groups excluding carboxylic acids is 1. The number of hydrogen-bond donors (Lipinski definition) is 0. The summed E-state index contributed by atoms with van der Waals surface area (Å²) in [6.07, 6.45) is 1.22. The first-order valence-corrected chi connectivity index (χ1v) is 10.9. The van der Waals surface area contributed by atoms with Gasteiger partial charge >= 0.3 is 0 Å². The van der Waals surface area contributed by atoms with Gasteiger partial charge in [-0.2, -0.15) is 0 Å². The van der Waals surface area contributed by atoms with Gasteiger partial charge in [-0.25, -0.2) is 8.42 Å². The van der Waals surface area contributed by atoms with Crippen LogP contribution in [0.5, 0.6) is 0 Å². The minimum atomic E-state index is -3.05. The number of hydrogen-bond acceptors (Lipinski definition) is 3. The highest BCUT2D eigenvalue weighted by molar-refractivity contribution is 9.10. The molecule has 6 heteroatoms. The summed E-state index contributed by atoms with van der Waals surface area (Å²) in [5, 5.41) is 0. The molecule has 0 unspecified atom stereocenters. The quantitative estimate of drug-likeness (QED) is 0.743. The highest BCUT2D eigenvalue weighted by atomic mass is 79.9. The van der Waals surface area contributed by atoms with Gasteiger partial charge in [-0.05, 0) is 42.7 Å². The zero-order chi connectivity index (χ0) is 17.9. The molecule has 1 atom stereocenters. The number of amides is 1. The van der Waals surface area contributed by atoms with Gasteiger partial charge in [0.25, 0.3) is 5.91 Å². The second-order valence-corrected chi connectivity index (χ2v) is 9.44. The van der Waals surface area contributed by atoms with Crippen LogP contribution in [0.15, 0.2) is 59.1 Å². The molecule has 25 heavy (non-hydrogen) atoms. The van der Waals surface area contributed by atoms with Gasteiger partial charge in [-0.3, -0.25) is 4.79 Å². The summed E-state index contributed by atoms with van der Waals surface area (Å²) in [5.74, 6) is 0.113. The number of rotatable bonds is 5. The molecule has 2 aromatic rings. The first-order chi connectivity index (χ1) is 11.9. The number of sulfone groups is 1. The van der Waals surface area contributed by atoms with Gasteiger partial charge in [-0.1, -0.05) is 46.3 Å². The van der Waals surface area contributed by atoms with Crippen LogP contribution < -0.4 is 0 Å². The van der Waals surface area contributed by atoms with Crippen LogP contribution in [0.4, 0.5) is 0 Å². The van der Waals surface area contributed by atoms with Crippen molar-refractivity contribution < 1.29 is 13.2 Å². The third kappa shape index (κ3) is 4.70. The fraction of sp³-hybridized carbons (Fsp3) is 0.316. The second-order valence-electron chi connectivity index (χ2n) is 6.30. The summed E-state index contributed by atoms with van der Waals surface area (Å²) in [6.45, 7) is 0.513. The van der Waals surface area contributed by atoms with E-state index in [0.29, 0.717) is 24.9 Å². The van der Waals surface area contributed by atoms with Crippen LogP contribution in [0.1, 0.15) is 22.3 Å². The monoisotopic (exact) mass is 421 g/mol. The molecule has 4 nitrogen and oxygen atoms in total. The standard InChI is InChI=1S/C19H20BrNO3S/c20-17-8-6-16(7-9-17)19(22)21(18-11-13-25(23,24)14-18)12-10-15-4-2-1-3-5-15/h1-9,18H,10-14H2/t18-/m0/s1. The average Bonchev–Trinajstić information content (AvgIpc) is 2.96. The molecule has 0 saturated carbocycles. The lowest BCUT2D eigenvalue weighted by molar-refractivity contribution is 0.0699. The van der Waals surface area contributed by atoms with Gasteiger partial charge in [0, 0.05) is 22.6 Å². The third-order valence-corrected chi connectivity index (χ3v) is 6.76. The summed E-state index contributed by atoms with van der Waals surface area (Å²) in [7, 11) is -3.05. The molecule has 1 aliphatic heterocycles. The maximum Gasteiger partial charge on any atom is 0.254 e. The molecule has 0 aliphatic carbocycles. The number of carbonyl (C=O) groups is 1. The van der Waals surface area contributed by atoms with Crippen molar-refractivity contribution in [3.63, 3.8) is 0 Å². The molecule has 0 aromatic heterocycles. The van der Waals surface area contributed by atoms with E-state index in [4.69, 9.17) is 0 Å². The van der Waals surface area contributed by atoms with Crippen LogP contribution in [-0.4, -0.2) is 43.3 Å². The van der Waals surface area contributed by atoms with Crippen molar-refractivity contribution in [3.8, 4) is 0 Å². The second kappa shape index (κ2) is 7.70. The van der Waals surface area contributed by atoms with Crippen LogP contribution in [0.2, 0.25) is 0 Å². The number of benzene rings is 2. The van der Waals surface area contributed by atoms with Crippen LogP contribution in [0.3, 0.4) is 0 Å².